The number of fused-ring (bicyclic) bond motifs is 1. The predicted molar refractivity (Wildman–Crippen MR) is 117 cm³/mol. The molecule has 0 saturated carbocycles. The summed E-state index contributed by atoms with van der Waals surface area (Å²) in [5.41, 5.74) is 3.77. The molecule has 1 aromatic heterocycles. The standard InChI is InChI=1S/C25H26N2O2/c1-28-23-12-8-20(9-13-23)5-4-18-29-24-14-10-21(11-15-24)16-17-27-25-7-3-2-6-22(25)19-26-27/h2-3,6-15,19H,4-5,16-18H2,1H3. The van der Waals surface area contributed by atoms with Crippen molar-refractivity contribution in [1.29, 1.82) is 0 Å². The van der Waals surface area contributed by atoms with Crippen LogP contribution in [0.2, 0.25) is 0 Å². The van der Waals surface area contributed by atoms with E-state index in [1.807, 2.05) is 24.4 Å². The van der Waals surface area contributed by atoms with Gasteiger partial charge in [-0.15, -0.1) is 0 Å². The van der Waals surface area contributed by atoms with Gasteiger partial charge in [0.15, 0.2) is 0 Å². The molecule has 0 unspecified atom stereocenters. The molecule has 148 valence electrons. The van der Waals surface area contributed by atoms with Gasteiger partial charge in [0.05, 0.1) is 25.4 Å². The van der Waals surface area contributed by atoms with E-state index in [0.29, 0.717) is 6.61 Å². The van der Waals surface area contributed by atoms with Crippen LogP contribution >= 0.6 is 0 Å². The lowest BCUT2D eigenvalue weighted by molar-refractivity contribution is 0.311. The summed E-state index contributed by atoms with van der Waals surface area (Å²) >= 11 is 0. The lowest BCUT2D eigenvalue weighted by atomic mass is 10.1. The molecule has 0 amide bonds. The summed E-state index contributed by atoms with van der Waals surface area (Å²) in [7, 11) is 1.69. The Balaban J connectivity index is 1.22. The van der Waals surface area contributed by atoms with Crippen LogP contribution in [0.5, 0.6) is 11.5 Å². The maximum Gasteiger partial charge on any atom is 0.119 e. The first-order valence-electron chi connectivity index (χ1n) is 10.1. The highest BCUT2D eigenvalue weighted by Crippen LogP contribution is 2.17. The highest BCUT2D eigenvalue weighted by atomic mass is 16.5. The molecule has 0 aliphatic heterocycles. The van der Waals surface area contributed by atoms with E-state index in [9.17, 15) is 0 Å². The lowest BCUT2D eigenvalue weighted by Crippen LogP contribution is -2.03. The zero-order valence-electron chi connectivity index (χ0n) is 16.8. The Hall–Kier alpha value is -3.27. The molecule has 0 saturated heterocycles. The summed E-state index contributed by atoms with van der Waals surface area (Å²) in [6, 6.07) is 24.9. The number of aromatic nitrogens is 2. The highest BCUT2D eigenvalue weighted by molar-refractivity contribution is 5.78. The minimum absolute atomic E-state index is 0.713. The second-order valence-corrected chi connectivity index (χ2v) is 7.12. The van der Waals surface area contributed by atoms with Crippen LogP contribution in [0, 0.1) is 0 Å². The Morgan fingerprint density at radius 1 is 0.793 bits per heavy atom. The molecular weight excluding hydrogens is 360 g/mol. The van der Waals surface area contributed by atoms with E-state index in [4.69, 9.17) is 9.47 Å². The van der Waals surface area contributed by atoms with Gasteiger partial charge in [-0.1, -0.05) is 42.5 Å². The zero-order valence-corrected chi connectivity index (χ0v) is 16.8. The minimum atomic E-state index is 0.713. The van der Waals surface area contributed by atoms with Crippen LogP contribution in [0.15, 0.2) is 79.0 Å². The van der Waals surface area contributed by atoms with Gasteiger partial charge in [0.2, 0.25) is 0 Å². The molecule has 29 heavy (non-hydrogen) atoms. The number of ether oxygens (including phenoxy) is 2. The summed E-state index contributed by atoms with van der Waals surface area (Å²) in [6.07, 6.45) is 4.86. The van der Waals surface area contributed by atoms with Crippen molar-refractivity contribution in [3.8, 4) is 11.5 Å². The number of methoxy groups -OCH3 is 1. The van der Waals surface area contributed by atoms with E-state index in [2.05, 4.69) is 64.4 Å². The van der Waals surface area contributed by atoms with Crippen molar-refractivity contribution in [1.82, 2.24) is 9.78 Å². The first-order valence-corrected chi connectivity index (χ1v) is 10.1. The smallest absolute Gasteiger partial charge is 0.119 e. The molecule has 3 aromatic carbocycles. The van der Waals surface area contributed by atoms with Gasteiger partial charge in [-0.2, -0.15) is 5.10 Å². The van der Waals surface area contributed by atoms with Crippen molar-refractivity contribution in [3.05, 3.63) is 90.1 Å². The molecule has 0 fully saturated rings. The number of nitrogens with zero attached hydrogens (tertiary/aromatic N) is 2. The molecule has 0 atom stereocenters. The van der Waals surface area contributed by atoms with Gasteiger partial charge < -0.3 is 9.47 Å². The van der Waals surface area contributed by atoms with Crippen LogP contribution in [0.4, 0.5) is 0 Å². The SMILES string of the molecule is COc1ccc(CCCOc2ccc(CCn3ncc4ccccc43)cc2)cc1. The molecule has 4 rings (SSSR count). The van der Waals surface area contributed by atoms with Crippen molar-refractivity contribution < 1.29 is 9.47 Å². The molecule has 4 nitrogen and oxygen atoms in total. The van der Waals surface area contributed by atoms with Crippen molar-refractivity contribution >= 4 is 10.9 Å². The first kappa shape index (κ1) is 19.1. The van der Waals surface area contributed by atoms with Crippen molar-refractivity contribution in [2.75, 3.05) is 13.7 Å². The van der Waals surface area contributed by atoms with Crippen LogP contribution in [-0.2, 0) is 19.4 Å². The predicted octanol–water partition coefficient (Wildman–Crippen LogP) is 5.30. The van der Waals surface area contributed by atoms with Crippen molar-refractivity contribution in [2.45, 2.75) is 25.8 Å². The van der Waals surface area contributed by atoms with Gasteiger partial charge in [-0.05, 0) is 60.7 Å². The Labute approximate surface area is 171 Å². The number of para-hydroxylation sites is 1. The monoisotopic (exact) mass is 386 g/mol. The molecule has 0 radical (unpaired) electrons. The van der Waals surface area contributed by atoms with Crippen molar-refractivity contribution in [2.24, 2.45) is 0 Å². The number of aryl methyl sites for hydroxylation is 3. The third-order valence-corrected chi connectivity index (χ3v) is 5.12. The Kier molecular flexibility index (Phi) is 6.10. The lowest BCUT2D eigenvalue weighted by Gasteiger charge is -2.08. The van der Waals surface area contributed by atoms with Gasteiger partial charge in [0, 0.05) is 11.9 Å². The number of hydrogen-bond donors (Lipinski definition) is 0. The second kappa shape index (κ2) is 9.28. The largest absolute Gasteiger partial charge is 0.497 e. The minimum Gasteiger partial charge on any atom is -0.497 e. The fourth-order valence-electron chi connectivity index (χ4n) is 3.45. The number of hydrogen-bond acceptors (Lipinski definition) is 3. The van der Waals surface area contributed by atoms with Crippen LogP contribution in [0.25, 0.3) is 10.9 Å². The third kappa shape index (κ3) is 4.96. The van der Waals surface area contributed by atoms with E-state index < -0.39 is 0 Å². The molecule has 0 N–H and O–H groups in total. The molecular formula is C25H26N2O2. The van der Waals surface area contributed by atoms with Gasteiger partial charge in [-0.3, -0.25) is 4.68 Å². The van der Waals surface area contributed by atoms with Crippen LogP contribution in [0.3, 0.4) is 0 Å². The molecule has 4 heteroatoms. The molecule has 1 heterocycles. The van der Waals surface area contributed by atoms with E-state index in [1.54, 1.807) is 7.11 Å². The average molecular weight is 386 g/mol. The molecule has 4 aromatic rings. The van der Waals surface area contributed by atoms with Gasteiger partial charge in [0.25, 0.3) is 0 Å². The highest BCUT2D eigenvalue weighted by Gasteiger charge is 2.03. The van der Waals surface area contributed by atoms with Crippen LogP contribution in [0.1, 0.15) is 17.5 Å². The third-order valence-electron chi connectivity index (χ3n) is 5.12. The van der Waals surface area contributed by atoms with E-state index >= 15 is 0 Å². The summed E-state index contributed by atoms with van der Waals surface area (Å²) in [6.45, 7) is 1.58. The van der Waals surface area contributed by atoms with Crippen molar-refractivity contribution in [3.63, 3.8) is 0 Å². The molecule has 0 aliphatic rings. The topological polar surface area (TPSA) is 36.3 Å². The second-order valence-electron chi connectivity index (χ2n) is 7.12. The van der Waals surface area contributed by atoms with Crippen LogP contribution in [-0.4, -0.2) is 23.5 Å². The summed E-state index contributed by atoms with van der Waals surface area (Å²) in [5.74, 6) is 1.82. The van der Waals surface area contributed by atoms with Gasteiger partial charge in [-0.25, -0.2) is 0 Å². The normalized spacial score (nSPS) is 10.9. The fourth-order valence-corrected chi connectivity index (χ4v) is 3.45. The Bertz CT molecular complexity index is 1040. The summed E-state index contributed by atoms with van der Waals surface area (Å²) in [4.78, 5) is 0. The Morgan fingerprint density at radius 3 is 2.24 bits per heavy atom. The summed E-state index contributed by atoms with van der Waals surface area (Å²) < 4.78 is 13.2. The van der Waals surface area contributed by atoms with Gasteiger partial charge >= 0.3 is 0 Å². The average Bonchev–Trinajstić information content (AvgIpc) is 3.20. The Morgan fingerprint density at radius 2 is 1.48 bits per heavy atom. The summed E-state index contributed by atoms with van der Waals surface area (Å²) in [5, 5.41) is 5.68. The number of benzene rings is 3. The number of rotatable bonds is 9. The molecule has 0 spiro atoms. The zero-order chi connectivity index (χ0) is 19.9. The van der Waals surface area contributed by atoms with E-state index in [0.717, 1.165) is 37.3 Å². The maximum absolute atomic E-state index is 5.89. The molecule has 0 bridgehead atoms. The van der Waals surface area contributed by atoms with E-state index in [-0.39, 0.29) is 0 Å². The fraction of sp³-hybridized carbons (Fsp3) is 0.240. The van der Waals surface area contributed by atoms with E-state index in [1.165, 1.54) is 22.0 Å². The van der Waals surface area contributed by atoms with Gasteiger partial charge in [0.1, 0.15) is 11.5 Å². The first-order chi connectivity index (χ1) is 14.3. The maximum atomic E-state index is 5.89. The quantitative estimate of drug-likeness (QED) is 0.366. The molecule has 0 aliphatic carbocycles. The van der Waals surface area contributed by atoms with Crippen LogP contribution < -0.4 is 9.47 Å².